The SMILES string of the molecule is FC(F)(F)Cn1cc(-c2cc3nccnc3c(OC[C@H]3CCCNC3)n2)cn1. The Hall–Kier alpha value is -2.75. The smallest absolute Gasteiger partial charge is 0.408 e. The van der Waals surface area contributed by atoms with Crippen LogP contribution in [0.25, 0.3) is 22.3 Å². The molecule has 1 aliphatic rings. The first-order chi connectivity index (χ1) is 13.5. The van der Waals surface area contributed by atoms with Gasteiger partial charge in [0.05, 0.1) is 24.0 Å². The molecule has 3 aromatic rings. The maximum atomic E-state index is 12.6. The molecule has 7 nitrogen and oxygen atoms in total. The summed E-state index contributed by atoms with van der Waals surface area (Å²) in [5, 5.41) is 7.11. The van der Waals surface area contributed by atoms with E-state index >= 15 is 0 Å². The van der Waals surface area contributed by atoms with Crippen LogP contribution in [0.15, 0.2) is 30.9 Å². The summed E-state index contributed by atoms with van der Waals surface area (Å²) in [6.45, 7) is 1.23. The van der Waals surface area contributed by atoms with Crippen molar-refractivity contribution >= 4 is 11.0 Å². The standard InChI is InChI=1S/C18H19F3N6O/c19-18(20,21)11-27-9-13(8-25-27)14-6-15-16(24-5-4-23-15)17(26-14)28-10-12-2-1-3-22-7-12/h4-6,8-9,12,22H,1-3,7,10-11H2/t12-/m0/s1. The van der Waals surface area contributed by atoms with E-state index < -0.39 is 12.7 Å². The maximum Gasteiger partial charge on any atom is 0.408 e. The molecule has 148 valence electrons. The predicted molar refractivity (Wildman–Crippen MR) is 95.7 cm³/mol. The van der Waals surface area contributed by atoms with E-state index in [-0.39, 0.29) is 0 Å². The lowest BCUT2D eigenvalue weighted by molar-refractivity contribution is -0.142. The zero-order chi connectivity index (χ0) is 19.6. The van der Waals surface area contributed by atoms with Crippen molar-refractivity contribution < 1.29 is 17.9 Å². The lowest BCUT2D eigenvalue weighted by atomic mass is 10.0. The van der Waals surface area contributed by atoms with Crippen LogP contribution in [-0.4, -0.2) is 50.6 Å². The average Bonchev–Trinajstić information content (AvgIpc) is 3.13. The van der Waals surface area contributed by atoms with Crippen LogP contribution >= 0.6 is 0 Å². The van der Waals surface area contributed by atoms with E-state index in [0.29, 0.717) is 40.7 Å². The fourth-order valence-electron chi connectivity index (χ4n) is 3.22. The molecule has 0 aliphatic carbocycles. The predicted octanol–water partition coefficient (Wildman–Crippen LogP) is 2.83. The van der Waals surface area contributed by atoms with Gasteiger partial charge in [-0.3, -0.25) is 9.67 Å². The molecule has 1 N–H and O–H groups in total. The van der Waals surface area contributed by atoms with Crippen molar-refractivity contribution in [2.24, 2.45) is 5.92 Å². The topological polar surface area (TPSA) is 77.8 Å². The van der Waals surface area contributed by atoms with Crippen LogP contribution in [0.4, 0.5) is 13.2 Å². The van der Waals surface area contributed by atoms with Crippen LogP contribution in [-0.2, 0) is 6.54 Å². The van der Waals surface area contributed by atoms with Gasteiger partial charge in [-0.1, -0.05) is 0 Å². The van der Waals surface area contributed by atoms with Gasteiger partial charge in [0.2, 0.25) is 5.88 Å². The van der Waals surface area contributed by atoms with Crippen molar-refractivity contribution in [3.05, 3.63) is 30.9 Å². The first-order valence-corrected chi connectivity index (χ1v) is 9.03. The maximum absolute atomic E-state index is 12.6. The third-order valence-electron chi connectivity index (χ3n) is 4.55. The Morgan fingerprint density at radius 1 is 1.25 bits per heavy atom. The molecule has 0 saturated carbocycles. The zero-order valence-electron chi connectivity index (χ0n) is 15.0. The van der Waals surface area contributed by atoms with Crippen LogP contribution in [0.2, 0.25) is 0 Å². The Labute approximate surface area is 159 Å². The van der Waals surface area contributed by atoms with Crippen LogP contribution in [0.5, 0.6) is 5.88 Å². The molecular formula is C18H19F3N6O. The highest BCUT2D eigenvalue weighted by Gasteiger charge is 2.28. The van der Waals surface area contributed by atoms with E-state index in [0.717, 1.165) is 30.6 Å². The molecule has 0 unspecified atom stereocenters. The van der Waals surface area contributed by atoms with Crippen molar-refractivity contribution in [3.63, 3.8) is 0 Å². The first-order valence-electron chi connectivity index (χ1n) is 9.03. The first kappa shape index (κ1) is 18.6. The number of fused-ring (bicyclic) bond motifs is 1. The monoisotopic (exact) mass is 392 g/mol. The normalized spacial score (nSPS) is 17.8. The molecule has 0 bridgehead atoms. The molecule has 0 aromatic carbocycles. The lowest BCUT2D eigenvalue weighted by Gasteiger charge is -2.22. The summed E-state index contributed by atoms with van der Waals surface area (Å²) in [7, 11) is 0. The van der Waals surface area contributed by atoms with E-state index in [1.165, 1.54) is 12.4 Å². The second-order valence-corrected chi connectivity index (χ2v) is 6.80. The second-order valence-electron chi connectivity index (χ2n) is 6.80. The summed E-state index contributed by atoms with van der Waals surface area (Å²) in [6.07, 6.45) is 3.60. The molecule has 4 heterocycles. The van der Waals surface area contributed by atoms with E-state index in [1.807, 2.05) is 0 Å². The molecule has 1 atom stereocenters. The number of alkyl halides is 3. The lowest BCUT2D eigenvalue weighted by Crippen LogP contribution is -2.33. The summed E-state index contributed by atoms with van der Waals surface area (Å²) in [4.78, 5) is 13.1. The van der Waals surface area contributed by atoms with Crippen molar-refractivity contribution in [3.8, 4) is 17.1 Å². The number of nitrogens with one attached hydrogen (secondary N) is 1. The van der Waals surface area contributed by atoms with E-state index in [2.05, 4.69) is 25.4 Å². The van der Waals surface area contributed by atoms with Gasteiger partial charge in [0.15, 0.2) is 5.52 Å². The minimum Gasteiger partial charge on any atom is -0.476 e. The Morgan fingerprint density at radius 3 is 2.89 bits per heavy atom. The molecule has 0 amide bonds. The van der Waals surface area contributed by atoms with Crippen molar-refractivity contribution in [2.45, 2.75) is 25.6 Å². The second kappa shape index (κ2) is 7.70. The quantitative estimate of drug-likeness (QED) is 0.720. The fourth-order valence-corrected chi connectivity index (χ4v) is 3.22. The minimum absolute atomic E-state index is 0.328. The summed E-state index contributed by atoms with van der Waals surface area (Å²) in [5.74, 6) is 0.704. The van der Waals surface area contributed by atoms with Gasteiger partial charge in [0.1, 0.15) is 6.54 Å². The summed E-state index contributed by atoms with van der Waals surface area (Å²) in [5.41, 5.74) is 1.99. The number of hydrogen-bond acceptors (Lipinski definition) is 6. The van der Waals surface area contributed by atoms with Crippen LogP contribution in [0, 0.1) is 5.92 Å². The number of nitrogens with zero attached hydrogens (tertiary/aromatic N) is 5. The van der Waals surface area contributed by atoms with Gasteiger partial charge in [0, 0.05) is 36.6 Å². The average molecular weight is 392 g/mol. The highest BCUT2D eigenvalue weighted by Crippen LogP contribution is 2.28. The molecule has 1 saturated heterocycles. The van der Waals surface area contributed by atoms with Crippen LogP contribution in [0.1, 0.15) is 12.8 Å². The van der Waals surface area contributed by atoms with Gasteiger partial charge in [0.25, 0.3) is 0 Å². The molecule has 10 heteroatoms. The molecule has 4 rings (SSSR count). The van der Waals surface area contributed by atoms with Gasteiger partial charge >= 0.3 is 6.18 Å². The Balaban J connectivity index is 1.62. The summed E-state index contributed by atoms with van der Waals surface area (Å²) < 4.78 is 44.5. The number of hydrogen-bond donors (Lipinski definition) is 1. The third-order valence-corrected chi connectivity index (χ3v) is 4.55. The summed E-state index contributed by atoms with van der Waals surface area (Å²) in [6, 6.07) is 1.67. The number of halogens is 3. The van der Waals surface area contributed by atoms with Gasteiger partial charge in [-0.25, -0.2) is 9.97 Å². The highest BCUT2D eigenvalue weighted by molar-refractivity contribution is 5.83. The molecule has 28 heavy (non-hydrogen) atoms. The Kier molecular flexibility index (Phi) is 5.12. The van der Waals surface area contributed by atoms with E-state index in [9.17, 15) is 13.2 Å². The Morgan fingerprint density at radius 2 is 2.11 bits per heavy atom. The number of piperidine rings is 1. The number of pyridine rings is 1. The number of rotatable bonds is 5. The van der Waals surface area contributed by atoms with Gasteiger partial charge in [-0.15, -0.1) is 0 Å². The van der Waals surface area contributed by atoms with Crippen molar-refractivity contribution in [2.75, 3.05) is 19.7 Å². The molecule has 0 radical (unpaired) electrons. The third kappa shape index (κ3) is 4.38. The molecule has 1 aliphatic heterocycles. The zero-order valence-corrected chi connectivity index (χ0v) is 15.0. The fraction of sp³-hybridized carbons (Fsp3) is 0.444. The molecule has 1 fully saturated rings. The van der Waals surface area contributed by atoms with Gasteiger partial charge < -0.3 is 10.1 Å². The molecular weight excluding hydrogens is 373 g/mol. The van der Waals surface area contributed by atoms with Crippen LogP contribution in [0.3, 0.4) is 0 Å². The van der Waals surface area contributed by atoms with Crippen LogP contribution < -0.4 is 10.1 Å². The van der Waals surface area contributed by atoms with Gasteiger partial charge in [-0.05, 0) is 25.5 Å². The van der Waals surface area contributed by atoms with Gasteiger partial charge in [-0.2, -0.15) is 18.3 Å². The number of ether oxygens (including phenoxy) is 1. The number of aromatic nitrogens is 5. The highest BCUT2D eigenvalue weighted by atomic mass is 19.4. The van der Waals surface area contributed by atoms with Crippen molar-refractivity contribution in [1.29, 1.82) is 0 Å². The largest absolute Gasteiger partial charge is 0.476 e. The Bertz CT molecular complexity index is 952. The summed E-state index contributed by atoms with van der Waals surface area (Å²) >= 11 is 0. The van der Waals surface area contributed by atoms with E-state index in [1.54, 1.807) is 18.5 Å². The molecule has 3 aromatic heterocycles. The van der Waals surface area contributed by atoms with Crippen molar-refractivity contribution in [1.82, 2.24) is 30.0 Å². The molecule has 0 spiro atoms. The van der Waals surface area contributed by atoms with E-state index in [4.69, 9.17) is 4.74 Å². The minimum atomic E-state index is -4.34.